The molecule has 0 aromatic heterocycles. The lowest BCUT2D eigenvalue weighted by Crippen LogP contribution is -2.49. The van der Waals surface area contributed by atoms with E-state index < -0.39 is 0 Å². The summed E-state index contributed by atoms with van der Waals surface area (Å²) in [6.45, 7) is 8.66. The van der Waals surface area contributed by atoms with Crippen LogP contribution >= 0.6 is 0 Å². The molecule has 0 atom stereocenters. The first kappa shape index (κ1) is 19.8. The van der Waals surface area contributed by atoms with Crippen LogP contribution < -0.4 is 9.47 Å². The van der Waals surface area contributed by atoms with Crippen LogP contribution in [-0.4, -0.2) is 61.5 Å². The van der Waals surface area contributed by atoms with E-state index in [0.717, 1.165) is 5.56 Å². The molecule has 6 nitrogen and oxygen atoms in total. The molecule has 2 amide bonds. The largest absolute Gasteiger partial charge is 0.493 e. The molecule has 0 saturated carbocycles. The van der Waals surface area contributed by atoms with Gasteiger partial charge in [-0.15, -0.1) is 0 Å². The molecule has 6 heteroatoms. The molecule has 0 N–H and O–H groups in total. The third-order valence-electron chi connectivity index (χ3n) is 4.21. The number of piperazine rings is 1. The second-order valence-corrected chi connectivity index (χ2v) is 6.78. The van der Waals surface area contributed by atoms with Gasteiger partial charge in [-0.25, -0.2) is 0 Å². The van der Waals surface area contributed by atoms with Gasteiger partial charge in [0.05, 0.1) is 13.7 Å². The Kier molecular flexibility index (Phi) is 7.06. The summed E-state index contributed by atoms with van der Waals surface area (Å²) in [5.41, 5.74) is 0.870. The van der Waals surface area contributed by atoms with Crippen LogP contribution in [-0.2, 0) is 9.59 Å². The van der Waals surface area contributed by atoms with Crippen LogP contribution in [0.3, 0.4) is 0 Å². The molecular formula is C20H28N2O4. The Morgan fingerprint density at radius 2 is 1.77 bits per heavy atom. The average molecular weight is 360 g/mol. The van der Waals surface area contributed by atoms with Gasteiger partial charge in [-0.2, -0.15) is 0 Å². The molecule has 1 aromatic carbocycles. The van der Waals surface area contributed by atoms with Crippen LogP contribution in [0.1, 0.15) is 26.3 Å². The van der Waals surface area contributed by atoms with E-state index in [4.69, 9.17) is 9.47 Å². The predicted octanol–water partition coefficient (Wildman–Crippen LogP) is 2.43. The zero-order chi connectivity index (χ0) is 19.1. The average Bonchev–Trinajstić information content (AvgIpc) is 2.64. The first-order chi connectivity index (χ1) is 12.4. The Balaban J connectivity index is 1.97. The summed E-state index contributed by atoms with van der Waals surface area (Å²) in [6, 6.07) is 5.61. The van der Waals surface area contributed by atoms with Gasteiger partial charge in [0.15, 0.2) is 11.5 Å². The van der Waals surface area contributed by atoms with Crippen LogP contribution in [0.5, 0.6) is 11.5 Å². The number of hydrogen-bond donors (Lipinski definition) is 0. The SMILES string of the molecule is COc1cc(/C=C/C(=O)N2CCN(C(C)=O)CC2)ccc1OCC(C)C. The zero-order valence-corrected chi connectivity index (χ0v) is 16.0. The third kappa shape index (κ3) is 5.51. The van der Waals surface area contributed by atoms with Crippen molar-refractivity contribution in [3.05, 3.63) is 29.8 Å². The van der Waals surface area contributed by atoms with Crippen LogP contribution in [0.4, 0.5) is 0 Å². The molecule has 0 spiro atoms. The second-order valence-electron chi connectivity index (χ2n) is 6.78. The fourth-order valence-corrected chi connectivity index (χ4v) is 2.68. The van der Waals surface area contributed by atoms with Gasteiger partial charge >= 0.3 is 0 Å². The number of ether oxygens (including phenoxy) is 2. The summed E-state index contributed by atoms with van der Waals surface area (Å²) in [5, 5.41) is 0. The molecule has 142 valence electrons. The number of methoxy groups -OCH3 is 1. The Morgan fingerprint density at radius 1 is 1.12 bits per heavy atom. The minimum atomic E-state index is -0.0488. The highest BCUT2D eigenvalue weighted by Crippen LogP contribution is 2.29. The minimum absolute atomic E-state index is 0.0488. The normalized spacial score (nSPS) is 14.8. The van der Waals surface area contributed by atoms with E-state index in [-0.39, 0.29) is 11.8 Å². The fourth-order valence-electron chi connectivity index (χ4n) is 2.68. The first-order valence-electron chi connectivity index (χ1n) is 8.94. The quantitative estimate of drug-likeness (QED) is 0.731. The van der Waals surface area contributed by atoms with Crippen molar-refractivity contribution in [1.29, 1.82) is 0 Å². The van der Waals surface area contributed by atoms with E-state index in [0.29, 0.717) is 50.2 Å². The lowest BCUT2D eigenvalue weighted by Gasteiger charge is -2.33. The number of amides is 2. The summed E-state index contributed by atoms with van der Waals surface area (Å²) >= 11 is 0. The molecule has 1 aliphatic rings. The number of benzene rings is 1. The maximum atomic E-state index is 12.3. The number of hydrogen-bond acceptors (Lipinski definition) is 4. The van der Waals surface area contributed by atoms with Gasteiger partial charge in [0.25, 0.3) is 0 Å². The molecule has 1 saturated heterocycles. The van der Waals surface area contributed by atoms with Crippen LogP contribution in [0.2, 0.25) is 0 Å². The van der Waals surface area contributed by atoms with Crippen molar-refractivity contribution in [2.45, 2.75) is 20.8 Å². The van der Waals surface area contributed by atoms with E-state index >= 15 is 0 Å². The van der Waals surface area contributed by atoms with E-state index in [1.165, 1.54) is 0 Å². The fraction of sp³-hybridized carbons (Fsp3) is 0.500. The van der Waals surface area contributed by atoms with Crippen molar-refractivity contribution in [2.24, 2.45) is 5.92 Å². The molecule has 2 rings (SSSR count). The summed E-state index contributed by atoms with van der Waals surface area (Å²) in [4.78, 5) is 27.2. The topological polar surface area (TPSA) is 59.1 Å². The highest BCUT2D eigenvalue weighted by atomic mass is 16.5. The van der Waals surface area contributed by atoms with Crippen molar-refractivity contribution >= 4 is 17.9 Å². The van der Waals surface area contributed by atoms with Gasteiger partial charge in [-0.05, 0) is 29.7 Å². The Labute approximate surface area is 155 Å². The van der Waals surface area contributed by atoms with E-state index in [1.54, 1.807) is 36.0 Å². The van der Waals surface area contributed by atoms with Crippen LogP contribution in [0, 0.1) is 5.92 Å². The molecule has 0 aliphatic carbocycles. The Hall–Kier alpha value is -2.50. The van der Waals surface area contributed by atoms with E-state index in [2.05, 4.69) is 13.8 Å². The summed E-state index contributed by atoms with van der Waals surface area (Å²) < 4.78 is 11.1. The molecule has 1 heterocycles. The van der Waals surface area contributed by atoms with Crippen molar-refractivity contribution in [3.8, 4) is 11.5 Å². The van der Waals surface area contributed by atoms with Gasteiger partial charge in [0.2, 0.25) is 11.8 Å². The van der Waals surface area contributed by atoms with Gasteiger partial charge in [-0.3, -0.25) is 9.59 Å². The lowest BCUT2D eigenvalue weighted by atomic mass is 10.1. The van der Waals surface area contributed by atoms with Crippen molar-refractivity contribution in [3.63, 3.8) is 0 Å². The number of nitrogens with zero attached hydrogens (tertiary/aromatic N) is 2. The highest BCUT2D eigenvalue weighted by molar-refractivity contribution is 5.92. The summed E-state index contributed by atoms with van der Waals surface area (Å²) in [7, 11) is 1.60. The molecule has 0 radical (unpaired) electrons. The smallest absolute Gasteiger partial charge is 0.246 e. The van der Waals surface area contributed by atoms with Gasteiger partial charge in [0.1, 0.15) is 0 Å². The van der Waals surface area contributed by atoms with Crippen molar-refractivity contribution in [1.82, 2.24) is 9.80 Å². The molecule has 0 unspecified atom stereocenters. The molecule has 26 heavy (non-hydrogen) atoms. The third-order valence-corrected chi connectivity index (χ3v) is 4.21. The maximum Gasteiger partial charge on any atom is 0.246 e. The molecule has 0 bridgehead atoms. The van der Waals surface area contributed by atoms with Crippen LogP contribution in [0.15, 0.2) is 24.3 Å². The van der Waals surface area contributed by atoms with Crippen molar-refractivity contribution in [2.75, 3.05) is 39.9 Å². The van der Waals surface area contributed by atoms with Gasteiger partial charge < -0.3 is 19.3 Å². The monoisotopic (exact) mass is 360 g/mol. The first-order valence-corrected chi connectivity index (χ1v) is 8.94. The Morgan fingerprint density at radius 3 is 2.35 bits per heavy atom. The molecular weight excluding hydrogens is 332 g/mol. The summed E-state index contributed by atoms with van der Waals surface area (Å²) in [6.07, 6.45) is 3.33. The summed E-state index contributed by atoms with van der Waals surface area (Å²) in [5.74, 6) is 1.78. The standard InChI is InChI=1S/C20H28N2O4/c1-15(2)14-26-18-7-5-17(13-19(18)25-4)6-8-20(24)22-11-9-21(10-12-22)16(3)23/h5-8,13,15H,9-12,14H2,1-4H3/b8-6+. The molecule has 1 aromatic rings. The minimum Gasteiger partial charge on any atom is -0.493 e. The second kappa shape index (κ2) is 9.27. The molecule has 1 fully saturated rings. The van der Waals surface area contributed by atoms with Crippen molar-refractivity contribution < 1.29 is 19.1 Å². The molecule has 1 aliphatic heterocycles. The zero-order valence-electron chi connectivity index (χ0n) is 16.0. The van der Waals surface area contributed by atoms with E-state index in [9.17, 15) is 9.59 Å². The van der Waals surface area contributed by atoms with Gasteiger partial charge in [-0.1, -0.05) is 19.9 Å². The number of rotatable bonds is 6. The highest BCUT2D eigenvalue weighted by Gasteiger charge is 2.20. The van der Waals surface area contributed by atoms with E-state index in [1.807, 2.05) is 18.2 Å². The predicted molar refractivity (Wildman–Crippen MR) is 101 cm³/mol. The number of carbonyl (C=O) groups is 2. The number of carbonyl (C=O) groups excluding carboxylic acids is 2. The maximum absolute atomic E-state index is 12.3. The Bertz CT molecular complexity index is 662. The lowest BCUT2D eigenvalue weighted by molar-refractivity contribution is -0.135. The van der Waals surface area contributed by atoms with Gasteiger partial charge in [0, 0.05) is 39.2 Å². The van der Waals surface area contributed by atoms with Crippen LogP contribution in [0.25, 0.3) is 6.08 Å².